The summed E-state index contributed by atoms with van der Waals surface area (Å²) in [6.45, 7) is 5.39. The van der Waals surface area contributed by atoms with E-state index in [9.17, 15) is 9.59 Å². The van der Waals surface area contributed by atoms with Crippen molar-refractivity contribution in [2.24, 2.45) is 11.8 Å². The van der Waals surface area contributed by atoms with Crippen LogP contribution in [0.15, 0.2) is 41.0 Å². The van der Waals surface area contributed by atoms with Crippen LogP contribution in [0.5, 0.6) is 5.75 Å². The van der Waals surface area contributed by atoms with Crippen LogP contribution in [0.4, 0.5) is 0 Å². The van der Waals surface area contributed by atoms with Gasteiger partial charge in [-0.15, -0.1) is 0 Å². The minimum absolute atomic E-state index is 0.0960. The summed E-state index contributed by atoms with van der Waals surface area (Å²) in [5.41, 5.74) is 1.71. The molecule has 1 unspecified atom stereocenters. The number of nitrogens with zero attached hydrogens (tertiary/aromatic N) is 1. The Morgan fingerprint density at radius 3 is 2.62 bits per heavy atom. The molecule has 198 valence electrons. The third kappa shape index (κ3) is 5.77. The van der Waals surface area contributed by atoms with E-state index < -0.39 is 0 Å². The molecule has 1 aromatic heterocycles. The largest absolute Gasteiger partial charge is 0.492 e. The first-order valence-corrected chi connectivity index (χ1v) is 14.2. The third-order valence-electron chi connectivity index (χ3n) is 8.75. The average molecular weight is 504 g/mol. The SMILES string of the molecule is CC(=O)CCC(C(=O)C1CC(C)C1)c1coc2ccc3cc(OCCN(C)C4CCCCC4)ccc3c12. The molecule has 2 aliphatic carbocycles. The summed E-state index contributed by atoms with van der Waals surface area (Å²) in [5, 5.41) is 3.13. The molecular formula is C32H41NO4. The van der Waals surface area contributed by atoms with E-state index in [4.69, 9.17) is 9.15 Å². The number of carbonyl (C=O) groups excluding carboxylic acids is 2. The van der Waals surface area contributed by atoms with Gasteiger partial charge in [-0.3, -0.25) is 4.79 Å². The number of rotatable bonds is 11. The second-order valence-corrected chi connectivity index (χ2v) is 11.6. The maximum Gasteiger partial charge on any atom is 0.143 e. The Kier molecular flexibility index (Phi) is 7.99. The van der Waals surface area contributed by atoms with Crippen molar-refractivity contribution in [3.8, 4) is 5.75 Å². The van der Waals surface area contributed by atoms with Gasteiger partial charge >= 0.3 is 0 Å². The number of benzene rings is 2. The number of ketones is 2. The van der Waals surface area contributed by atoms with Crippen LogP contribution >= 0.6 is 0 Å². The minimum Gasteiger partial charge on any atom is -0.492 e. The zero-order chi connectivity index (χ0) is 25.9. The molecule has 5 heteroatoms. The molecule has 2 saturated carbocycles. The van der Waals surface area contributed by atoms with Gasteiger partial charge in [0.25, 0.3) is 0 Å². The van der Waals surface area contributed by atoms with E-state index in [1.165, 1.54) is 32.1 Å². The van der Waals surface area contributed by atoms with Crippen LogP contribution in [-0.2, 0) is 9.59 Å². The first-order chi connectivity index (χ1) is 17.9. The molecule has 3 aromatic rings. The molecule has 2 aromatic carbocycles. The van der Waals surface area contributed by atoms with Gasteiger partial charge in [0.1, 0.15) is 29.5 Å². The lowest BCUT2D eigenvalue weighted by Gasteiger charge is -2.34. The van der Waals surface area contributed by atoms with Crippen LogP contribution < -0.4 is 4.74 Å². The Bertz CT molecular complexity index is 1250. The Morgan fingerprint density at radius 2 is 1.89 bits per heavy atom. The molecule has 37 heavy (non-hydrogen) atoms. The van der Waals surface area contributed by atoms with Crippen molar-refractivity contribution in [1.29, 1.82) is 0 Å². The van der Waals surface area contributed by atoms with Crippen LogP contribution in [0.1, 0.15) is 83.1 Å². The summed E-state index contributed by atoms with van der Waals surface area (Å²) in [4.78, 5) is 27.8. The molecule has 5 rings (SSSR count). The molecule has 1 heterocycles. The monoisotopic (exact) mass is 503 g/mol. The first kappa shape index (κ1) is 26.0. The van der Waals surface area contributed by atoms with Crippen molar-refractivity contribution in [3.63, 3.8) is 0 Å². The Balaban J connectivity index is 1.36. The highest BCUT2D eigenvalue weighted by molar-refractivity contribution is 6.09. The van der Waals surface area contributed by atoms with Gasteiger partial charge in [-0.1, -0.05) is 32.3 Å². The second-order valence-electron chi connectivity index (χ2n) is 11.6. The summed E-state index contributed by atoms with van der Waals surface area (Å²) in [6, 6.07) is 10.9. The molecule has 2 fully saturated rings. The van der Waals surface area contributed by atoms with Crippen molar-refractivity contribution in [3.05, 3.63) is 42.2 Å². The van der Waals surface area contributed by atoms with E-state index in [0.717, 1.165) is 52.4 Å². The molecule has 0 bridgehead atoms. The molecule has 0 spiro atoms. The number of hydrogen-bond donors (Lipinski definition) is 0. The number of hydrogen-bond acceptors (Lipinski definition) is 5. The van der Waals surface area contributed by atoms with E-state index in [0.29, 0.717) is 31.4 Å². The van der Waals surface area contributed by atoms with E-state index in [1.54, 1.807) is 13.2 Å². The second kappa shape index (κ2) is 11.4. The highest BCUT2D eigenvalue weighted by Crippen LogP contribution is 2.42. The molecule has 0 radical (unpaired) electrons. The van der Waals surface area contributed by atoms with Crippen molar-refractivity contribution in [2.75, 3.05) is 20.2 Å². The predicted molar refractivity (Wildman–Crippen MR) is 148 cm³/mol. The van der Waals surface area contributed by atoms with Crippen molar-refractivity contribution >= 4 is 33.3 Å². The Morgan fingerprint density at radius 1 is 1.11 bits per heavy atom. The topological polar surface area (TPSA) is 59.8 Å². The molecule has 5 nitrogen and oxygen atoms in total. The van der Waals surface area contributed by atoms with Crippen molar-refractivity contribution in [2.45, 2.75) is 83.6 Å². The Labute approximate surface area is 220 Å². The van der Waals surface area contributed by atoms with E-state index in [1.807, 2.05) is 12.1 Å². The number of Topliss-reactive ketones (excluding diaryl/α,β-unsaturated/α-hetero) is 2. The molecular weight excluding hydrogens is 462 g/mol. The summed E-state index contributed by atoms with van der Waals surface area (Å²) < 4.78 is 12.1. The average Bonchev–Trinajstić information content (AvgIpc) is 3.31. The fourth-order valence-corrected chi connectivity index (χ4v) is 6.45. The number of carbonyl (C=O) groups is 2. The molecule has 0 aliphatic heterocycles. The maximum atomic E-state index is 13.5. The quantitative estimate of drug-likeness (QED) is 0.275. The maximum absolute atomic E-state index is 13.5. The normalized spacial score (nSPS) is 21.3. The van der Waals surface area contributed by atoms with Crippen molar-refractivity contribution in [1.82, 2.24) is 4.90 Å². The lowest BCUT2D eigenvalue weighted by atomic mass is 9.69. The standard InChI is InChI=1S/C32H41NO4/c1-21-17-24(18-21)32(35)28(12-9-22(2)34)29-20-37-30-14-10-23-19-26(11-13-27(23)31(29)30)36-16-15-33(3)25-7-5-4-6-8-25/h10-11,13-14,19-21,24-25,28H,4-9,12,15-18H2,1-3H3. The van der Waals surface area contributed by atoms with Gasteiger partial charge in [-0.25, -0.2) is 0 Å². The van der Waals surface area contributed by atoms with Gasteiger partial charge < -0.3 is 18.8 Å². The van der Waals surface area contributed by atoms with Gasteiger partial charge in [0.15, 0.2) is 0 Å². The minimum atomic E-state index is -0.306. The third-order valence-corrected chi connectivity index (χ3v) is 8.75. The van der Waals surface area contributed by atoms with Gasteiger partial charge in [0.05, 0.1) is 6.26 Å². The van der Waals surface area contributed by atoms with Crippen LogP contribution in [0.3, 0.4) is 0 Å². The molecule has 0 N–H and O–H groups in total. The highest BCUT2D eigenvalue weighted by atomic mass is 16.5. The zero-order valence-corrected chi connectivity index (χ0v) is 22.6. The molecule has 0 saturated heterocycles. The van der Waals surface area contributed by atoms with Crippen LogP contribution in [0.2, 0.25) is 0 Å². The number of furan rings is 1. The molecule has 2 aliphatic rings. The van der Waals surface area contributed by atoms with Gasteiger partial charge in [-0.05, 0) is 87.0 Å². The summed E-state index contributed by atoms with van der Waals surface area (Å²) >= 11 is 0. The number of ether oxygens (including phenoxy) is 1. The highest BCUT2D eigenvalue weighted by Gasteiger charge is 2.37. The number of likely N-dealkylation sites (N-methyl/N-ethyl adjacent to an activating group) is 1. The van der Waals surface area contributed by atoms with Crippen LogP contribution in [-0.4, -0.2) is 42.7 Å². The lowest BCUT2D eigenvalue weighted by molar-refractivity contribution is -0.128. The van der Waals surface area contributed by atoms with Gasteiger partial charge in [0.2, 0.25) is 0 Å². The lowest BCUT2D eigenvalue weighted by Crippen LogP contribution is -2.36. The summed E-state index contributed by atoms with van der Waals surface area (Å²) in [7, 11) is 2.21. The van der Waals surface area contributed by atoms with Crippen LogP contribution in [0.25, 0.3) is 21.7 Å². The van der Waals surface area contributed by atoms with E-state index >= 15 is 0 Å². The summed E-state index contributed by atoms with van der Waals surface area (Å²) in [6.07, 6.45) is 11.2. The fourth-order valence-electron chi connectivity index (χ4n) is 6.45. The van der Waals surface area contributed by atoms with Gasteiger partial charge in [0, 0.05) is 41.8 Å². The smallest absolute Gasteiger partial charge is 0.143 e. The van der Waals surface area contributed by atoms with Gasteiger partial charge in [-0.2, -0.15) is 0 Å². The van der Waals surface area contributed by atoms with E-state index in [-0.39, 0.29) is 23.4 Å². The first-order valence-electron chi connectivity index (χ1n) is 14.2. The van der Waals surface area contributed by atoms with Crippen LogP contribution in [0, 0.1) is 11.8 Å². The number of fused-ring (bicyclic) bond motifs is 3. The molecule has 1 atom stereocenters. The summed E-state index contributed by atoms with van der Waals surface area (Å²) in [5.74, 6) is 1.64. The zero-order valence-electron chi connectivity index (χ0n) is 22.6. The fraction of sp³-hybridized carbons (Fsp3) is 0.562. The predicted octanol–water partition coefficient (Wildman–Crippen LogP) is 7.30. The van der Waals surface area contributed by atoms with E-state index in [2.05, 4.69) is 37.1 Å². The van der Waals surface area contributed by atoms with Crippen molar-refractivity contribution < 1.29 is 18.7 Å². The Hall–Kier alpha value is -2.66. The molecule has 0 amide bonds.